The van der Waals surface area contributed by atoms with Gasteiger partial charge in [0.25, 0.3) is 5.91 Å². The summed E-state index contributed by atoms with van der Waals surface area (Å²) >= 11 is 0. The van der Waals surface area contributed by atoms with E-state index < -0.39 is 50.8 Å². The summed E-state index contributed by atoms with van der Waals surface area (Å²) in [6, 6.07) is 5.56. The van der Waals surface area contributed by atoms with Gasteiger partial charge in [-0.05, 0) is 31.9 Å². The second-order valence-corrected chi connectivity index (χ2v) is 8.72. The Balaban J connectivity index is 1.90. The van der Waals surface area contributed by atoms with Crippen molar-refractivity contribution in [2.24, 2.45) is 0 Å². The Kier molecular flexibility index (Phi) is 7.70. The third-order valence-corrected chi connectivity index (χ3v) is 6.28. The minimum Gasteiger partial charge on any atom is -0.454 e. The number of amides is 1. The van der Waals surface area contributed by atoms with Crippen LogP contribution in [0.15, 0.2) is 29.2 Å². The number of nitriles is 1. The lowest BCUT2D eigenvalue weighted by Gasteiger charge is -2.26. The molecule has 1 aromatic carbocycles. The van der Waals surface area contributed by atoms with Crippen LogP contribution in [-0.2, 0) is 24.3 Å². The third kappa shape index (κ3) is 6.24. The van der Waals surface area contributed by atoms with Crippen LogP contribution in [-0.4, -0.2) is 38.5 Å². The Bertz CT molecular complexity index is 889. The van der Waals surface area contributed by atoms with Gasteiger partial charge in [-0.1, -0.05) is 37.8 Å². The predicted molar refractivity (Wildman–Crippen MR) is 101 cm³/mol. The van der Waals surface area contributed by atoms with Crippen molar-refractivity contribution in [1.82, 2.24) is 10.0 Å². The number of nitrogens with one attached hydrogen (secondary N) is 2. The second kappa shape index (κ2) is 9.80. The summed E-state index contributed by atoms with van der Waals surface area (Å²) in [6.45, 7) is 0.578. The maximum atomic E-state index is 13.7. The zero-order valence-electron chi connectivity index (χ0n) is 16.1. The first-order valence-corrected chi connectivity index (χ1v) is 10.8. The molecule has 1 aromatic rings. The molecule has 1 aliphatic carbocycles. The maximum Gasteiger partial charge on any atom is 0.324 e. The van der Waals surface area contributed by atoms with Gasteiger partial charge in [-0.25, -0.2) is 12.8 Å². The van der Waals surface area contributed by atoms with Gasteiger partial charge in [0.05, 0.1) is 6.07 Å². The lowest BCUT2D eigenvalue weighted by Crippen LogP contribution is -2.49. The summed E-state index contributed by atoms with van der Waals surface area (Å²) in [4.78, 5) is 23.6. The van der Waals surface area contributed by atoms with E-state index in [1.807, 2.05) is 4.72 Å². The lowest BCUT2D eigenvalue weighted by atomic mass is 9.92. The van der Waals surface area contributed by atoms with Gasteiger partial charge in [-0.2, -0.15) is 9.98 Å². The molecule has 0 aliphatic heterocycles. The van der Waals surface area contributed by atoms with Crippen LogP contribution in [0.2, 0.25) is 0 Å². The minimum absolute atomic E-state index is 0.530. The average molecular weight is 425 g/mol. The molecule has 8 nitrogen and oxygen atoms in total. The van der Waals surface area contributed by atoms with Gasteiger partial charge in [-0.3, -0.25) is 9.59 Å². The first kappa shape index (κ1) is 22.8. The van der Waals surface area contributed by atoms with Crippen LogP contribution in [0.1, 0.15) is 45.4 Å². The monoisotopic (exact) mass is 425 g/mol. The first-order valence-electron chi connectivity index (χ1n) is 9.35. The van der Waals surface area contributed by atoms with Crippen molar-refractivity contribution < 1.29 is 27.1 Å². The molecule has 10 heteroatoms. The molecule has 1 saturated carbocycles. The van der Waals surface area contributed by atoms with Crippen LogP contribution in [0.3, 0.4) is 0 Å². The highest BCUT2D eigenvalue weighted by atomic mass is 32.2. The van der Waals surface area contributed by atoms with Crippen LogP contribution >= 0.6 is 0 Å². The molecule has 29 heavy (non-hydrogen) atoms. The lowest BCUT2D eigenvalue weighted by molar-refractivity contribution is -0.150. The molecule has 0 radical (unpaired) electrons. The molecular formula is C19H24FN3O5S. The van der Waals surface area contributed by atoms with Gasteiger partial charge in [0.2, 0.25) is 10.0 Å². The number of halogens is 1. The highest BCUT2D eigenvalue weighted by Gasteiger charge is 2.33. The number of ether oxygens (including phenoxy) is 1. The standard InChI is InChI=1S/C19H24FN3O5S/c1-14(23-29(26,27)16-9-5-4-8-15(16)20)18(25)28-12-17(24)22-19(13-21)10-6-2-3-7-11-19/h4-5,8-9,14,23H,2-3,6-7,10-12H2,1H3,(H,22,24)/t14-/m0/s1. The molecule has 0 unspecified atom stereocenters. The van der Waals surface area contributed by atoms with E-state index >= 15 is 0 Å². The number of rotatable bonds is 7. The Hall–Kier alpha value is -2.51. The van der Waals surface area contributed by atoms with Crippen molar-refractivity contribution in [3.63, 3.8) is 0 Å². The summed E-state index contributed by atoms with van der Waals surface area (Å²) in [5, 5.41) is 12.1. The summed E-state index contributed by atoms with van der Waals surface area (Å²) in [5.41, 5.74) is -0.974. The topological polar surface area (TPSA) is 125 Å². The quantitative estimate of drug-likeness (QED) is 0.507. The van der Waals surface area contributed by atoms with Crippen LogP contribution in [0.25, 0.3) is 0 Å². The zero-order chi connectivity index (χ0) is 21.5. The fraction of sp³-hybridized carbons (Fsp3) is 0.526. The Morgan fingerprint density at radius 3 is 2.45 bits per heavy atom. The van der Waals surface area contributed by atoms with Gasteiger partial charge < -0.3 is 10.1 Å². The van der Waals surface area contributed by atoms with Gasteiger partial charge in [0.1, 0.15) is 22.3 Å². The molecule has 1 amide bonds. The smallest absolute Gasteiger partial charge is 0.324 e. The van der Waals surface area contributed by atoms with Gasteiger partial charge in [-0.15, -0.1) is 0 Å². The third-order valence-electron chi connectivity index (χ3n) is 4.71. The van der Waals surface area contributed by atoms with Crippen molar-refractivity contribution in [3.8, 4) is 6.07 Å². The Morgan fingerprint density at radius 2 is 1.86 bits per heavy atom. The molecule has 0 spiro atoms. The highest BCUT2D eigenvalue weighted by Crippen LogP contribution is 2.26. The number of hydrogen-bond donors (Lipinski definition) is 2. The van der Waals surface area contributed by atoms with E-state index in [-0.39, 0.29) is 0 Å². The fourth-order valence-corrected chi connectivity index (χ4v) is 4.44. The van der Waals surface area contributed by atoms with Crippen LogP contribution in [0, 0.1) is 17.1 Å². The molecule has 0 heterocycles. The Morgan fingerprint density at radius 1 is 1.24 bits per heavy atom. The van der Waals surface area contributed by atoms with E-state index in [0.717, 1.165) is 37.8 Å². The van der Waals surface area contributed by atoms with E-state index in [9.17, 15) is 27.7 Å². The fourth-order valence-electron chi connectivity index (χ4n) is 3.17. The molecule has 2 N–H and O–H groups in total. The normalized spacial score (nSPS) is 17.4. The van der Waals surface area contributed by atoms with E-state index in [1.54, 1.807) is 0 Å². The first-order chi connectivity index (χ1) is 13.7. The van der Waals surface area contributed by atoms with Crippen LogP contribution in [0.5, 0.6) is 0 Å². The Labute approximate surface area is 169 Å². The molecule has 158 valence electrons. The highest BCUT2D eigenvalue weighted by molar-refractivity contribution is 7.89. The largest absolute Gasteiger partial charge is 0.454 e. The van der Waals surface area contributed by atoms with E-state index in [1.165, 1.54) is 19.1 Å². The van der Waals surface area contributed by atoms with Crippen LogP contribution in [0.4, 0.5) is 4.39 Å². The number of sulfonamides is 1. The van der Waals surface area contributed by atoms with Crippen molar-refractivity contribution in [2.45, 2.75) is 61.9 Å². The number of esters is 1. The maximum absolute atomic E-state index is 13.7. The average Bonchev–Trinajstić information content (AvgIpc) is 2.92. The molecular weight excluding hydrogens is 401 g/mol. The number of benzene rings is 1. The summed E-state index contributed by atoms with van der Waals surface area (Å²) in [5.74, 6) is -2.58. The molecule has 0 aromatic heterocycles. The van der Waals surface area contributed by atoms with E-state index in [4.69, 9.17) is 4.74 Å². The SMILES string of the molecule is C[C@H](NS(=O)(=O)c1ccccc1F)C(=O)OCC(=O)NC1(C#N)CCCCCC1. The van der Waals surface area contributed by atoms with Crippen molar-refractivity contribution in [3.05, 3.63) is 30.1 Å². The van der Waals surface area contributed by atoms with Crippen LogP contribution < -0.4 is 10.0 Å². The molecule has 2 rings (SSSR count). The summed E-state index contributed by atoms with van der Waals surface area (Å²) in [7, 11) is -4.28. The predicted octanol–water partition coefficient (Wildman–Crippen LogP) is 1.77. The molecule has 1 atom stereocenters. The zero-order valence-corrected chi connectivity index (χ0v) is 16.9. The second-order valence-electron chi connectivity index (χ2n) is 7.04. The molecule has 1 fully saturated rings. The minimum atomic E-state index is -4.28. The number of carbonyl (C=O) groups excluding carboxylic acids is 2. The summed E-state index contributed by atoms with van der Waals surface area (Å²) in [6.07, 6.45) is 4.69. The molecule has 1 aliphatic rings. The van der Waals surface area contributed by atoms with Gasteiger partial charge in [0.15, 0.2) is 6.61 Å². The van der Waals surface area contributed by atoms with Gasteiger partial charge in [0, 0.05) is 0 Å². The summed E-state index contributed by atoms with van der Waals surface area (Å²) < 4.78 is 45.0. The number of hydrogen-bond acceptors (Lipinski definition) is 6. The number of nitrogens with zero attached hydrogens (tertiary/aromatic N) is 1. The number of carbonyl (C=O) groups is 2. The molecule has 0 bridgehead atoms. The van der Waals surface area contributed by atoms with Crippen molar-refractivity contribution >= 4 is 21.9 Å². The van der Waals surface area contributed by atoms with E-state index in [0.29, 0.717) is 12.8 Å². The van der Waals surface area contributed by atoms with Crippen molar-refractivity contribution in [2.75, 3.05) is 6.61 Å². The van der Waals surface area contributed by atoms with Gasteiger partial charge >= 0.3 is 5.97 Å². The van der Waals surface area contributed by atoms with Crippen molar-refractivity contribution in [1.29, 1.82) is 5.26 Å². The molecule has 0 saturated heterocycles. The van der Waals surface area contributed by atoms with E-state index in [2.05, 4.69) is 11.4 Å².